The summed E-state index contributed by atoms with van der Waals surface area (Å²) in [7, 11) is 0. The highest BCUT2D eigenvalue weighted by atomic mass is 19.1. The maximum atomic E-state index is 15.8. The van der Waals surface area contributed by atoms with E-state index in [-0.39, 0.29) is 29.7 Å². The first kappa shape index (κ1) is 24.5. The fourth-order valence-electron chi connectivity index (χ4n) is 5.03. The molecular formula is C26H30F2N6O2. The molecule has 0 bridgehead atoms. The highest BCUT2D eigenvalue weighted by molar-refractivity contribution is 5.91. The van der Waals surface area contributed by atoms with E-state index in [0.717, 1.165) is 37.0 Å². The summed E-state index contributed by atoms with van der Waals surface area (Å²) in [5.74, 6) is -1.42. The number of hydrazine groups is 1. The minimum atomic E-state index is -1.85. The van der Waals surface area contributed by atoms with Crippen molar-refractivity contribution in [1.29, 1.82) is 0 Å². The Balaban J connectivity index is 1.23. The summed E-state index contributed by atoms with van der Waals surface area (Å²) in [5, 5.41) is 1.79. The number of aromatic amines is 1. The molecule has 0 aromatic carbocycles. The van der Waals surface area contributed by atoms with Gasteiger partial charge in [0.1, 0.15) is 11.4 Å². The van der Waals surface area contributed by atoms with Gasteiger partial charge >= 0.3 is 0 Å². The Kier molecular flexibility index (Phi) is 6.81. The van der Waals surface area contributed by atoms with Gasteiger partial charge in [-0.25, -0.2) is 14.4 Å². The largest absolute Gasteiger partial charge is 0.320 e. The molecule has 3 aromatic rings. The van der Waals surface area contributed by atoms with Crippen LogP contribution in [0.4, 0.5) is 8.78 Å². The second kappa shape index (κ2) is 10.0. The number of aromatic nitrogens is 3. The van der Waals surface area contributed by atoms with Crippen LogP contribution in [0.2, 0.25) is 0 Å². The van der Waals surface area contributed by atoms with E-state index in [0.29, 0.717) is 37.1 Å². The number of carbonyl (C=O) groups is 1. The van der Waals surface area contributed by atoms with Gasteiger partial charge in [-0.1, -0.05) is 6.92 Å². The molecule has 0 spiro atoms. The standard InChI is InChI=1S/C26H30F2N6O2/c1-2-18-14-21-22(31-24(18)35)13-17(15-29-21)16-33-11-7-26(28,8-12-33)19-5-6-20(30-23(19)27)25(36)32-34-9-3-4-10-34/h5-6,13-15H,2-4,7-12,16H2,1H3,(H,31,35)(H,32,36). The topological polar surface area (TPSA) is 94.2 Å². The first-order chi connectivity index (χ1) is 17.3. The molecule has 2 N–H and O–H groups in total. The van der Waals surface area contributed by atoms with E-state index in [2.05, 4.69) is 25.3 Å². The minimum absolute atomic E-state index is 0.0583. The Labute approximate surface area is 207 Å². The number of H-pyrrole nitrogens is 1. The van der Waals surface area contributed by atoms with Crippen molar-refractivity contribution in [2.45, 2.75) is 51.2 Å². The number of alkyl halides is 1. The van der Waals surface area contributed by atoms with Crippen LogP contribution in [0, 0.1) is 5.95 Å². The first-order valence-corrected chi connectivity index (χ1v) is 12.5. The average molecular weight is 497 g/mol. The van der Waals surface area contributed by atoms with E-state index >= 15 is 4.39 Å². The summed E-state index contributed by atoms with van der Waals surface area (Å²) in [5.41, 5.74) is 3.62. The van der Waals surface area contributed by atoms with Crippen LogP contribution in [-0.4, -0.2) is 56.9 Å². The minimum Gasteiger partial charge on any atom is -0.320 e. The molecule has 2 aliphatic heterocycles. The highest BCUT2D eigenvalue weighted by Gasteiger charge is 2.39. The SMILES string of the molecule is CCc1cc2ncc(CN3CCC(F)(c4ccc(C(=O)NN5CCCC5)nc4F)CC3)cc2[nH]c1=O. The summed E-state index contributed by atoms with van der Waals surface area (Å²) in [6.45, 7) is 4.83. The van der Waals surface area contributed by atoms with Gasteiger partial charge < -0.3 is 4.98 Å². The maximum absolute atomic E-state index is 15.8. The number of fused-ring (bicyclic) bond motifs is 1. The van der Waals surface area contributed by atoms with Crippen molar-refractivity contribution in [3.8, 4) is 0 Å². The van der Waals surface area contributed by atoms with Gasteiger partial charge in [0.2, 0.25) is 5.95 Å². The maximum Gasteiger partial charge on any atom is 0.284 e. The molecule has 0 aliphatic carbocycles. The third kappa shape index (κ3) is 5.01. The molecule has 2 fully saturated rings. The summed E-state index contributed by atoms with van der Waals surface area (Å²) in [4.78, 5) is 37.7. The number of hydrogen-bond acceptors (Lipinski definition) is 6. The second-order valence-electron chi connectivity index (χ2n) is 9.67. The number of rotatable bonds is 6. The smallest absolute Gasteiger partial charge is 0.284 e. The van der Waals surface area contributed by atoms with E-state index in [1.165, 1.54) is 12.1 Å². The Hall–Kier alpha value is -3.24. The number of carbonyl (C=O) groups excluding carboxylic acids is 1. The molecule has 0 atom stereocenters. The average Bonchev–Trinajstić information content (AvgIpc) is 3.38. The van der Waals surface area contributed by atoms with Gasteiger partial charge in [0.25, 0.3) is 11.5 Å². The van der Waals surface area contributed by atoms with Crippen molar-refractivity contribution in [3.05, 3.63) is 69.1 Å². The molecule has 0 unspecified atom stereocenters. The third-order valence-electron chi connectivity index (χ3n) is 7.19. The molecule has 3 aromatic heterocycles. The Morgan fingerprint density at radius 3 is 2.61 bits per heavy atom. The normalized spacial score (nSPS) is 18.5. The second-order valence-corrected chi connectivity index (χ2v) is 9.67. The molecule has 8 nitrogen and oxygen atoms in total. The van der Waals surface area contributed by atoms with Crippen molar-refractivity contribution in [3.63, 3.8) is 0 Å². The lowest BCUT2D eigenvalue weighted by atomic mass is 9.86. The van der Waals surface area contributed by atoms with Gasteiger partial charge in [0.05, 0.1) is 11.0 Å². The Morgan fingerprint density at radius 1 is 1.17 bits per heavy atom. The van der Waals surface area contributed by atoms with Crippen LogP contribution in [-0.2, 0) is 18.6 Å². The Morgan fingerprint density at radius 2 is 1.92 bits per heavy atom. The van der Waals surface area contributed by atoms with Crippen LogP contribution in [0.3, 0.4) is 0 Å². The number of hydrogen-bond donors (Lipinski definition) is 2. The zero-order valence-corrected chi connectivity index (χ0v) is 20.3. The molecule has 36 heavy (non-hydrogen) atoms. The number of pyridine rings is 3. The molecular weight excluding hydrogens is 466 g/mol. The number of nitrogens with zero attached hydrogens (tertiary/aromatic N) is 4. The zero-order chi connectivity index (χ0) is 25.3. The number of likely N-dealkylation sites (tertiary alicyclic amines) is 1. The third-order valence-corrected chi connectivity index (χ3v) is 7.19. The molecule has 5 rings (SSSR count). The van der Waals surface area contributed by atoms with Crippen molar-refractivity contribution in [2.24, 2.45) is 0 Å². The summed E-state index contributed by atoms with van der Waals surface area (Å²) in [6.07, 6.45) is 4.63. The van der Waals surface area contributed by atoms with Crippen LogP contribution < -0.4 is 11.0 Å². The lowest BCUT2D eigenvalue weighted by Gasteiger charge is -2.36. The molecule has 190 valence electrons. The van der Waals surface area contributed by atoms with Gasteiger partial charge in [-0.3, -0.25) is 24.9 Å². The molecule has 2 aliphatic rings. The number of piperidine rings is 1. The van der Waals surface area contributed by atoms with Crippen LogP contribution in [0.1, 0.15) is 59.8 Å². The number of halogens is 2. The van der Waals surface area contributed by atoms with Crippen molar-refractivity contribution >= 4 is 16.9 Å². The first-order valence-electron chi connectivity index (χ1n) is 12.5. The van der Waals surface area contributed by atoms with Crippen molar-refractivity contribution in [1.82, 2.24) is 30.3 Å². The number of nitrogens with one attached hydrogen (secondary N) is 2. The predicted molar refractivity (Wildman–Crippen MR) is 132 cm³/mol. The van der Waals surface area contributed by atoms with Gasteiger partial charge in [-0.05, 0) is 61.9 Å². The van der Waals surface area contributed by atoms with E-state index < -0.39 is 17.5 Å². The lowest BCUT2D eigenvalue weighted by Crippen LogP contribution is -2.41. The molecule has 5 heterocycles. The Bertz CT molecular complexity index is 1330. The fraction of sp³-hybridized carbons (Fsp3) is 0.462. The van der Waals surface area contributed by atoms with Crippen LogP contribution in [0.15, 0.2) is 35.3 Å². The zero-order valence-electron chi connectivity index (χ0n) is 20.3. The summed E-state index contributed by atoms with van der Waals surface area (Å²) < 4.78 is 30.6. The molecule has 0 radical (unpaired) electrons. The number of amides is 1. The van der Waals surface area contributed by atoms with Crippen LogP contribution >= 0.6 is 0 Å². The van der Waals surface area contributed by atoms with Crippen LogP contribution in [0.5, 0.6) is 0 Å². The van der Waals surface area contributed by atoms with Gasteiger partial charge in [-0.15, -0.1) is 0 Å². The summed E-state index contributed by atoms with van der Waals surface area (Å²) in [6, 6.07) is 6.45. The van der Waals surface area contributed by atoms with E-state index in [1.807, 2.05) is 13.0 Å². The van der Waals surface area contributed by atoms with E-state index in [4.69, 9.17) is 0 Å². The molecule has 2 saturated heterocycles. The lowest BCUT2D eigenvalue weighted by molar-refractivity contribution is 0.0488. The highest BCUT2D eigenvalue weighted by Crippen LogP contribution is 2.38. The van der Waals surface area contributed by atoms with Crippen molar-refractivity contribution < 1.29 is 13.6 Å². The van der Waals surface area contributed by atoms with Gasteiger partial charge in [0.15, 0.2) is 0 Å². The monoisotopic (exact) mass is 496 g/mol. The predicted octanol–water partition coefficient (Wildman–Crippen LogP) is 3.22. The quantitative estimate of drug-likeness (QED) is 0.509. The molecule has 10 heteroatoms. The fourth-order valence-corrected chi connectivity index (χ4v) is 5.03. The number of aryl methyl sites for hydroxylation is 1. The van der Waals surface area contributed by atoms with Gasteiger partial charge in [-0.2, -0.15) is 4.39 Å². The van der Waals surface area contributed by atoms with Crippen LogP contribution in [0.25, 0.3) is 11.0 Å². The van der Waals surface area contributed by atoms with E-state index in [1.54, 1.807) is 17.3 Å². The molecule has 1 amide bonds. The van der Waals surface area contributed by atoms with Gasteiger partial charge in [0, 0.05) is 50.0 Å². The summed E-state index contributed by atoms with van der Waals surface area (Å²) >= 11 is 0. The molecule has 0 saturated carbocycles. The van der Waals surface area contributed by atoms with E-state index in [9.17, 15) is 14.0 Å². The van der Waals surface area contributed by atoms with Crippen molar-refractivity contribution in [2.75, 3.05) is 26.2 Å².